The van der Waals surface area contributed by atoms with Crippen molar-refractivity contribution in [2.24, 2.45) is 5.73 Å². The van der Waals surface area contributed by atoms with Gasteiger partial charge in [-0.2, -0.15) is 0 Å². The fraction of sp³-hybridized carbons (Fsp3) is 0.875. The molecule has 0 aromatic heterocycles. The summed E-state index contributed by atoms with van der Waals surface area (Å²) in [5.74, 6) is -0.215. The van der Waals surface area contributed by atoms with Gasteiger partial charge in [0, 0.05) is 12.1 Å². The minimum atomic E-state index is -0.359. The number of hydrogen-bond donors (Lipinski definition) is 1. The largest absolute Gasteiger partial charge is 0.469 e. The summed E-state index contributed by atoms with van der Waals surface area (Å²) in [5, 5.41) is 0. The Labute approximate surface area is 72.7 Å². The van der Waals surface area contributed by atoms with Gasteiger partial charge >= 0.3 is 5.97 Å². The zero-order valence-electron chi connectivity index (χ0n) is 7.67. The van der Waals surface area contributed by atoms with Gasteiger partial charge in [-0.25, -0.2) is 0 Å². The number of esters is 1. The van der Waals surface area contributed by atoms with Gasteiger partial charge in [0.2, 0.25) is 0 Å². The van der Waals surface area contributed by atoms with Gasteiger partial charge in [-0.3, -0.25) is 4.79 Å². The third kappa shape index (κ3) is 2.19. The van der Waals surface area contributed by atoms with Crippen LogP contribution in [0.5, 0.6) is 0 Å². The van der Waals surface area contributed by atoms with E-state index >= 15 is 0 Å². The predicted octanol–water partition coefficient (Wildman–Crippen LogP) is -0.417. The highest BCUT2D eigenvalue weighted by Crippen LogP contribution is 2.20. The van der Waals surface area contributed by atoms with Crippen molar-refractivity contribution in [3.05, 3.63) is 0 Å². The van der Waals surface area contributed by atoms with Crippen LogP contribution in [0.25, 0.3) is 0 Å². The molecule has 1 atom stereocenters. The van der Waals surface area contributed by atoms with Crippen LogP contribution in [0.2, 0.25) is 0 Å². The predicted molar refractivity (Wildman–Crippen MR) is 45.7 cm³/mol. The Kier molecular flexibility index (Phi) is 2.69. The quantitative estimate of drug-likeness (QED) is 0.575. The van der Waals surface area contributed by atoms with E-state index in [1.165, 1.54) is 7.11 Å². The van der Waals surface area contributed by atoms with E-state index in [4.69, 9.17) is 5.73 Å². The standard InChI is InChI=1S/C8H16N2O2/c1-10-4-3-8(9,6-10)5-7(11)12-2/h3-6,9H2,1-2H3. The first-order valence-corrected chi connectivity index (χ1v) is 4.10. The van der Waals surface area contributed by atoms with Gasteiger partial charge < -0.3 is 15.4 Å². The van der Waals surface area contributed by atoms with Crippen LogP contribution in [0.1, 0.15) is 12.8 Å². The molecule has 0 radical (unpaired) electrons. The molecule has 12 heavy (non-hydrogen) atoms. The Morgan fingerprint density at radius 3 is 2.83 bits per heavy atom. The van der Waals surface area contributed by atoms with Gasteiger partial charge in [0.25, 0.3) is 0 Å². The smallest absolute Gasteiger partial charge is 0.307 e. The first-order valence-electron chi connectivity index (χ1n) is 4.10. The average molecular weight is 172 g/mol. The first-order chi connectivity index (χ1) is 5.56. The SMILES string of the molecule is COC(=O)CC1(N)CCN(C)C1. The molecule has 0 spiro atoms. The molecular weight excluding hydrogens is 156 g/mol. The van der Waals surface area contributed by atoms with Crippen molar-refractivity contribution in [2.45, 2.75) is 18.4 Å². The molecule has 0 aromatic rings. The topological polar surface area (TPSA) is 55.6 Å². The summed E-state index contributed by atoms with van der Waals surface area (Å²) < 4.78 is 4.58. The molecule has 4 nitrogen and oxygen atoms in total. The van der Waals surface area contributed by atoms with E-state index in [9.17, 15) is 4.79 Å². The summed E-state index contributed by atoms with van der Waals surface area (Å²) >= 11 is 0. The highest BCUT2D eigenvalue weighted by molar-refractivity contribution is 5.70. The Balaban J connectivity index is 2.45. The Morgan fingerprint density at radius 1 is 1.75 bits per heavy atom. The Morgan fingerprint density at radius 2 is 2.42 bits per heavy atom. The highest BCUT2D eigenvalue weighted by Gasteiger charge is 2.34. The zero-order chi connectivity index (χ0) is 9.19. The molecule has 1 saturated heterocycles. The summed E-state index contributed by atoms with van der Waals surface area (Å²) in [6, 6.07) is 0. The summed E-state index contributed by atoms with van der Waals surface area (Å²) in [6.45, 7) is 1.75. The van der Waals surface area contributed by atoms with Gasteiger partial charge in [-0.15, -0.1) is 0 Å². The van der Waals surface area contributed by atoms with Crippen LogP contribution in [0, 0.1) is 0 Å². The van der Waals surface area contributed by atoms with Gasteiger partial charge in [0.15, 0.2) is 0 Å². The van der Waals surface area contributed by atoms with Crippen LogP contribution in [-0.4, -0.2) is 43.7 Å². The van der Waals surface area contributed by atoms with E-state index in [1.54, 1.807) is 0 Å². The van der Waals surface area contributed by atoms with E-state index in [-0.39, 0.29) is 11.5 Å². The molecule has 0 aliphatic carbocycles. The molecule has 0 bridgehead atoms. The number of methoxy groups -OCH3 is 1. The van der Waals surface area contributed by atoms with E-state index in [2.05, 4.69) is 9.64 Å². The highest BCUT2D eigenvalue weighted by atomic mass is 16.5. The van der Waals surface area contributed by atoms with Crippen LogP contribution in [-0.2, 0) is 9.53 Å². The normalized spacial score (nSPS) is 30.6. The maximum Gasteiger partial charge on any atom is 0.307 e. The Bertz CT molecular complexity index is 184. The van der Waals surface area contributed by atoms with Gasteiger partial charge in [0.1, 0.15) is 0 Å². The lowest BCUT2D eigenvalue weighted by molar-refractivity contribution is -0.141. The lowest BCUT2D eigenvalue weighted by Gasteiger charge is -2.21. The Hall–Kier alpha value is -0.610. The van der Waals surface area contributed by atoms with Crippen molar-refractivity contribution in [1.82, 2.24) is 4.90 Å². The maximum absolute atomic E-state index is 11.0. The number of likely N-dealkylation sites (tertiary alicyclic amines) is 1. The van der Waals surface area contributed by atoms with E-state index in [1.807, 2.05) is 7.05 Å². The maximum atomic E-state index is 11.0. The molecule has 1 fully saturated rings. The zero-order valence-corrected chi connectivity index (χ0v) is 7.67. The van der Waals surface area contributed by atoms with Gasteiger partial charge in [0.05, 0.1) is 13.5 Å². The molecule has 2 N–H and O–H groups in total. The van der Waals surface area contributed by atoms with E-state index < -0.39 is 0 Å². The van der Waals surface area contributed by atoms with Crippen molar-refractivity contribution in [1.29, 1.82) is 0 Å². The van der Waals surface area contributed by atoms with Crippen LogP contribution in [0.3, 0.4) is 0 Å². The number of hydrogen-bond acceptors (Lipinski definition) is 4. The molecule has 1 heterocycles. The third-order valence-electron chi connectivity index (χ3n) is 2.30. The molecule has 70 valence electrons. The lowest BCUT2D eigenvalue weighted by Crippen LogP contribution is -2.44. The van der Waals surface area contributed by atoms with Crippen molar-refractivity contribution in [3.8, 4) is 0 Å². The molecule has 0 aromatic carbocycles. The van der Waals surface area contributed by atoms with Crippen molar-refractivity contribution in [3.63, 3.8) is 0 Å². The van der Waals surface area contributed by atoms with E-state index in [0.717, 1.165) is 19.5 Å². The number of ether oxygens (including phenoxy) is 1. The van der Waals surface area contributed by atoms with Gasteiger partial charge in [-0.1, -0.05) is 0 Å². The summed E-state index contributed by atoms with van der Waals surface area (Å²) in [6.07, 6.45) is 1.20. The molecule has 1 aliphatic heterocycles. The first kappa shape index (κ1) is 9.48. The second-order valence-electron chi connectivity index (χ2n) is 3.60. The van der Waals surface area contributed by atoms with Crippen LogP contribution in [0.4, 0.5) is 0 Å². The lowest BCUT2D eigenvalue weighted by atomic mass is 9.96. The number of carbonyl (C=O) groups excluding carboxylic acids is 1. The minimum absolute atomic E-state index is 0.215. The summed E-state index contributed by atoms with van der Waals surface area (Å²) in [5.41, 5.74) is 5.62. The number of rotatable bonds is 2. The van der Waals surface area contributed by atoms with Crippen LogP contribution < -0.4 is 5.73 Å². The van der Waals surface area contributed by atoms with Crippen LogP contribution >= 0.6 is 0 Å². The average Bonchev–Trinajstić information content (AvgIpc) is 2.30. The second kappa shape index (κ2) is 3.41. The minimum Gasteiger partial charge on any atom is -0.469 e. The molecule has 1 aliphatic rings. The number of nitrogens with zero attached hydrogens (tertiary/aromatic N) is 1. The number of nitrogens with two attached hydrogens (primary N) is 1. The van der Waals surface area contributed by atoms with Crippen molar-refractivity contribution in [2.75, 3.05) is 27.2 Å². The third-order valence-corrected chi connectivity index (χ3v) is 2.30. The summed E-state index contributed by atoms with van der Waals surface area (Å²) in [4.78, 5) is 13.1. The fourth-order valence-corrected chi connectivity index (χ4v) is 1.61. The monoisotopic (exact) mass is 172 g/mol. The molecule has 0 saturated carbocycles. The molecule has 1 rings (SSSR count). The fourth-order valence-electron chi connectivity index (χ4n) is 1.61. The van der Waals surface area contributed by atoms with E-state index in [0.29, 0.717) is 6.42 Å². The molecular formula is C8H16N2O2. The van der Waals surface area contributed by atoms with Crippen molar-refractivity contribution < 1.29 is 9.53 Å². The van der Waals surface area contributed by atoms with Crippen LogP contribution in [0.15, 0.2) is 0 Å². The van der Waals surface area contributed by atoms with Gasteiger partial charge in [-0.05, 0) is 20.0 Å². The molecule has 0 amide bonds. The summed E-state index contributed by atoms with van der Waals surface area (Å²) in [7, 11) is 3.40. The molecule has 1 unspecified atom stereocenters. The van der Waals surface area contributed by atoms with Crippen molar-refractivity contribution >= 4 is 5.97 Å². The number of carbonyl (C=O) groups is 1. The second-order valence-corrected chi connectivity index (χ2v) is 3.60. The number of likely N-dealkylation sites (N-methyl/N-ethyl adjacent to an activating group) is 1. The molecule has 4 heteroatoms.